The molecule has 0 spiro atoms. The molecule has 0 saturated heterocycles. The van der Waals surface area contributed by atoms with Crippen LogP contribution in [0.5, 0.6) is 0 Å². The molecule has 1 aliphatic rings. The van der Waals surface area contributed by atoms with Crippen molar-refractivity contribution < 1.29 is 9.59 Å². The number of aryl methyl sites for hydroxylation is 2. The first-order valence-corrected chi connectivity index (χ1v) is 7.62. The van der Waals surface area contributed by atoms with Gasteiger partial charge in [-0.2, -0.15) is 0 Å². The zero-order chi connectivity index (χ0) is 17.0. The largest absolute Gasteiger partial charge is 0.364 e. The maximum atomic E-state index is 11.2. The first kappa shape index (κ1) is 20.1. The standard InChI is InChI=1S/C14H19NO.C2H5NO.C2H4/c1-3-12-6-7-13-5-4-8-15(10-11(2)16)14(13)9-12;3-1-2-4;1-2/h6-7,9H,3-5,8,10H2,1-2H3;2H,1,3H2;1-2H2. The van der Waals surface area contributed by atoms with Crippen molar-refractivity contribution in [3.63, 3.8) is 0 Å². The van der Waals surface area contributed by atoms with Gasteiger partial charge in [-0.3, -0.25) is 4.79 Å². The van der Waals surface area contributed by atoms with Gasteiger partial charge in [-0.05, 0) is 43.4 Å². The molecule has 0 bridgehead atoms. The second kappa shape index (κ2) is 11.7. The average molecular weight is 304 g/mol. The van der Waals surface area contributed by atoms with Crippen LogP contribution in [0.2, 0.25) is 0 Å². The molecule has 4 heteroatoms. The molecule has 0 radical (unpaired) electrons. The van der Waals surface area contributed by atoms with Crippen LogP contribution < -0.4 is 10.6 Å². The fourth-order valence-electron chi connectivity index (χ4n) is 2.35. The van der Waals surface area contributed by atoms with Crippen molar-refractivity contribution in [2.24, 2.45) is 5.73 Å². The van der Waals surface area contributed by atoms with Crippen LogP contribution in [0, 0.1) is 0 Å². The van der Waals surface area contributed by atoms with Crippen molar-refractivity contribution in [1.29, 1.82) is 0 Å². The minimum absolute atomic E-state index is 0.139. The lowest BCUT2D eigenvalue weighted by atomic mass is 9.98. The first-order chi connectivity index (χ1) is 10.6. The molecular weight excluding hydrogens is 276 g/mol. The van der Waals surface area contributed by atoms with E-state index in [-0.39, 0.29) is 12.3 Å². The van der Waals surface area contributed by atoms with Gasteiger partial charge in [0.15, 0.2) is 0 Å². The first-order valence-electron chi connectivity index (χ1n) is 7.62. The second-order valence-corrected chi connectivity index (χ2v) is 4.95. The van der Waals surface area contributed by atoms with Gasteiger partial charge in [-0.25, -0.2) is 0 Å². The summed E-state index contributed by atoms with van der Waals surface area (Å²) in [6.07, 6.45) is 4.01. The van der Waals surface area contributed by atoms with Crippen LogP contribution in [0.3, 0.4) is 0 Å². The van der Waals surface area contributed by atoms with E-state index in [0.717, 1.165) is 25.8 Å². The minimum Gasteiger partial charge on any atom is -0.364 e. The quantitative estimate of drug-likeness (QED) is 0.686. The number of carbonyl (C=O) groups is 2. The van der Waals surface area contributed by atoms with E-state index >= 15 is 0 Å². The maximum absolute atomic E-state index is 11.2. The molecule has 1 aromatic rings. The molecule has 0 amide bonds. The summed E-state index contributed by atoms with van der Waals surface area (Å²) in [6, 6.07) is 6.67. The summed E-state index contributed by atoms with van der Waals surface area (Å²) in [5.74, 6) is 0.245. The third-order valence-corrected chi connectivity index (χ3v) is 3.28. The van der Waals surface area contributed by atoms with Gasteiger partial charge >= 0.3 is 0 Å². The zero-order valence-corrected chi connectivity index (χ0v) is 13.8. The smallest absolute Gasteiger partial charge is 0.149 e. The molecule has 0 fully saturated rings. The van der Waals surface area contributed by atoms with E-state index in [1.807, 2.05) is 0 Å². The second-order valence-electron chi connectivity index (χ2n) is 4.95. The van der Waals surface area contributed by atoms with Crippen LogP contribution >= 0.6 is 0 Å². The van der Waals surface area contributed by atoms with Crippen molar-refractivity contribution in [3.05, 3.63) is 42.5 Å². The highest BCUT2D eigenvalue weighted by Crippen LogP contribution is 2.28. The topological polar surface area (TPSA) is 63.4 Å². The zero-order valence-electron chi connectivity index (χ0n) is 13.8. The molecule has 0 atom stereocenters. The maximum Gasteiger partial charge on any atom is 0.149 e. The number of Topliss-reactive ketones (excluding diaryl/α,β-unsaturated/α-hetero) is 1. The van der Waals surface area contributed by atoms with Gasteiger partial charge in [0.05, 0.1) is 6.54 Å². The van der Waals surface area contributed by atoms with Gasteiger partial charge in [0.1, 0.15) is 12.1 Å². The Bertz CT molecular complexity index is 472. The molecule has 2 N–H and O–H groups in total. The molecule has 122 valence electrons. The number of nitrogens with zero attached hydrogens (tertiary/aromatic N) is 1. The van der Waals surface area contributed by atoms with Crippen molar-refractivity contribution in [3.8, 4) is 0 Å². The number of hydrogen-bond donors (Lipinski definition) is 1. The molecule has 0 unspecified atom stereocenters. The third-order valence-electron chi connectivity index (χ3n) is 3.28. The monoisotopic (exact) mass is 304 g/mol. The fraction of sp³-hybridized carbons (Fsp3) is 0.444. The number of ketones is 1. The third kappa shape index (κ3) is 6.68. The predicted molar refractivity (Wildman–Crippen MR) is 93.4 cm³/mol. The highest BCUT2D eigenvalue weighted by molar-refractivity contribution is 5.81. The van der Waals surface area contributed by atoms with Crippen molar-refractivity contribution in [1.82, 2.24) is 0 Å². The number of anilines is 1. The lowest BCUT2D eigenvalue weighted by molar-refractivity contribution is -0.115. The van der Waals surface area contributed by atoms with E-state index < -0.39 is 0 Å². The molecule has 1 aromatic carbocycles. The number of fused-ring (bicyclic) bond motifs is 1. The SMILES string of the molecule is C=C.CCc1ccc2c(c1)N(CC(C)=O)CCC2.NCC=O. The van der Waals surface area contributed by atoms with Crippen molar-refractivity contribution in [2.75, 3.05) is 24.5 Å². The highest BCUT2D eigenvalue weighted by Gasteiger charge is 2.17. The Morgan fingerprint density at radius 1 is 1.41 bits per heavy atom. The molecular formula is C18H28N2O2. The number of rotatable bonds is 4. The summed E-state index contributed by atoms with van der Waals surface area (Å²) < 4.78 is 0. The van der Waals surface area contributed by atoms with Gasteiger partial charge in [-0.15, -0.1) is 13.2 Å². The number of hydrogen-bond acceptors (Lipinski definition) is 4. The van der Waals surface area contributed by atoms with Gasteiger partial charge in [-0.1, -0.05) is 19.1 Å². The average Bonchev–Trinajstić information content (AvgIpc) is 2.56. The van der Waals surface area contributed by atoms with E-state index in [1.54, 1.807) is 6.92 Å². The van der Waals surface area contributed by atoms with Crippen LogP contribution in [0.1, 0.15) is 31.4 Å². The Kier molecular flexibility index (Phi) is 10.7. The summed E-state index contributed by atoms with van der Waals surface area (Å²) >= 11 is 0. The number of carbonyl (C=O) groups excluding carboxylic acids is 2. The Labute approximate surface area is 134 Å². The predicted octanol–water partition coefficient (Wildman–Crippen LogP) is 2.54. The Morgan fingerprint density at radius 2 is 2.05 bits per heavy atom. The van der Waals surface area contributed by atoms with Crippen LogP contribution in [0.15, 0.2) is 31.4 Å². The highest BCUT2D eigenvalue weighted by atomic mass is 16.1. The van der Waals surface area contributed by atoms with Crippen LogP contribution in [-0.4, -0.2) is 31.7 Å². The van der Waals surface area contributed by atoms with E-state index in [9.17, 15) is 4.79 Å². The Balaban J connectivity index is 0.000000640. The van der Waals surface area contributed by atoms with Crippen molar-refractivity contribution >= 4 is 17.8 Å². The Morgan fingerprint density at radius 3 is 2.55 bits per heavy atom. The van der Waals surface area contributed by atoms with Gasteiger partial charge in [0.2, 0.25) is 0 Å². The van der Waals surface area contributed by atoms with E-state index in [4.69, 9.17) is 4.79 Å². The number of nitrogens with two attached hydrogens (primary N) is 1. The van der Waals surface area contributed by atoms with Gasteiger partial charge in [0, 0.05) is 18.8 Å². The molecule has 0 aromatic heterocycles. The minimum atomic E-state index is 0.139. The molecule has 22 heavy (non-hydrogen) atoms. The summed E-state index contributed by atoms with van der Waals surface area (Å²) in [5, 5.41) is 0. The van der Waals surface area contributed by atoms with Crippen LogP contribution in [0.25, 0.3) is 0 Å². The van der Waals surface area contributed by atoms with Gasteiger partial charge < -0.3 is 15.4 Å². The summed E-state index contributed by atoms with van der Waals surface area (Å²) in [4.78, 5) is 22.5. The Hall–Kier alpha value is -1.94. The molecule has 4 nitrogen and oxygen atoms in total. The van der Waals surface area contributed by atoms with Crippen LogP contribution in [0.4, 0.5) is 5.69 Å². The summed E-state index contributed by atoms with van der Waals surface area (Å²) in [6.45, 7) is 11.5. The normalized spacial score (nSPS) is 12.0. The lowest BCUT2D eigenvalue weighted by Gasteiger charge is -2.30. The molecule has 0 saturated carbocycles. The molecule has 1 heterocycles. The number of aldehydes is 1. The van der Waals surface area contributed by atoms with E-state index in [0.29, 0.717) is 12.8 Å². The fourth-order valence-corrected chi connectivity index (χ4v) is 2.35. The summed E-state index contributed by atoms with van der Waals surface area (Å²) in [7, 11) is 0. The number of benzene rings is 1. The molecule has 0 aliphatic carbocycles. The lowest BCUT2D eigenvalue weighted by Crippen LogP contribution is -2.33. The summed E-state index contributed by atoms with van der Waals surface area (Å²) in [5.41, 5.74) is 8.69. The van der Waals surface area contributed by atoms with Gasteiger partial charge in [0.25, 0.3) is 0 Å². The van der Waals surface area contributed by atoms with Crippen molar-refractivity contribution in [2.45, 2.75) is 33.1 Å². The molecule has 2 rings (SSSR count). The van der Waals surface area contributed by atoms with Crippen LogP contribution in [-0.2, 0) is 22.4 Å². The molecule has 1 aliphatic heterocycles. The van der Waals surface area contributed by atoms with E-state index in [1.165, 1.54) is 16.8 Å². The van der Waals surface area contributed by atoms with E-state index in [2.05, 4.69) is 48.9 Å².